The van der Waals surface area contributed by atoms with Gasteiger partial charge in [0.1, 0.15) is 5.82 Å². The number of hydrogen-bond donors (Lipinski definition) is 0. The molecular weight excluding hydrogens is 515 g/mol. The Kier molecular flexibility index (Phi) is 10.6. The van der Waals surface area contributed by atoms with Gasteiger partial charge in [-0.1, -0.05) is 62.9 Å². The van der Waals surface area contributed by atoms with Crippen LogP contribution in [0.4, 0.5) is 22.0 Å². The highest BCUT2D eigenvalue weighted by atomic mass is 19.3. The Morgan fingerprint density at radius 1 is 0.821 bits per heavy atom. The summed E-state index contributed by atoms with van der Waals surface area (Å²) in [7, 11) is 0. The van der Waals surface area contributed by atoms with Gasteiger partial charge in [-0.25, -0.2) is 13.2 Å². The van der Waals surface area contributed by atoms with Crippen LogP contribution in [0.2, 0.25) is 0 Å². The van der Waals surface area contributed by atoms with Crippen molar-refractivity contribution in [2.24, 2.45) is 5.92 Å². The van der Waals surface area contributed by atoms with E-state index in [9.17, 15) is 17.6 Å². The average molecular weight is 551 g/mol. The zero-order valence-corrected chi connectivity index (χ0v) is 22.2. The predicted molar refractivity (Wildman–Crippen MR) is 141 cm³/mol. The van der Waals surface area contributed by atoms with Gasteiger partial charge in [-0.3, -0.25) is 0 Å². The molecule has 212 valence electrons. The smallest absolute Gasteiger partial charge is 0.387 e. The lowest BCUT2D eigenvalue weighted by Gasteiger charge is -2.29. The zero-order valence-electron chi connectivity index (χ0n) is 22.2. The van der Waals surface area contributed by atoms with Crippen molar-refractivity contribution in [1.29, 1.82) is 0 Å². The van der Waals surface area contributed by atoms with Crippen LogP contribution in [0.15, 0.2) is 42.5 Å². The van der Waals surface area contributed by atoms with Crippen molar-refractivity contribution in [2.45, 2.75) is 77.6 Å². The second-order valence-corrected chi connectivity index (χ2v) is 10.2. The van der Waals surface area contributed by atoms with Crippen molar-refractivity contribution in [3.05, 3.63) is 76.6 Å². The number of alkyl halides is 2. The molecule has 0 amide bonds. The number of hydrogen-bond acceptors (Lipinski definition) is 3. The first-order chi connectivity index (χ1) is 18.8. The lowest BCUT2D eigenvalue weighted by atomic mass is 9.98. The third kappa shape index (κ3) is 8.15. The molecule has 0 atom stereocenters. The molecule has 0 aliphatic carbocycles. The molecule has 0 bridgehead atoms. The Morgan fingerprint density at radius 3 is 2.26 bits per heavy atom. The number of aryl methyl sites for hydroxylation is 3. The molecule has 4 rings (SSSR count). The predicted octanol–water partition coefficient (Wildman–Crippen LogP) is 8.54. The van der Waals surface area contributed by atoms with E-state index in [1.807, 2.05) is 18.2 Å². The van der Waals surface area contributed by atoms with Crippen molar-refractivity contribution in [2.75, 3.05) is 13.2 Å². The van der Waals surface area contributed by atoms with Gasteiger partial charge in [0.2, 0.25) is 0 Å². The van der Waals surface area contributed by atoms with E-state index in [0.29, 0.717) is 16.9 Å². The maximum Gasteiger partial charge on any atom is 0.387 e. The van der Waals surface area contributed by atoms with E-state index < -0.39 is 24.0 Å². The molecule has 0 N–H and O–H groups in total. The average Bonchev–Trinajstić information content (AvgIpc) is 2.92. The number of benzene rings is 3. The summed E-state index contributed by atoms with van der Waals surface area (Å²) in [6, 6.07) is 10.9. The first kappa shape index (κ1) is 29.3. The Bertz CT molecular complexity index is 1200. The maximum absolute atomic E-state index is 15.2. The van der Waals surface area contributed by atoms with Gasteiger partial charge in [0.15, 0.2) is 23.7 Å². The summed E-state index contributed by atoms with van der Waals surface area (Å²) in [5, 5.41) is 1.22. The number of ether oxygens (including phenoxy) is 3. The molecule has 0 aromatic heterocycles. The Labute approximate surface area is 226 Å². The Hall–Kier alpha value is -2.71. The minimum Gasteiger partial charge on any atom is -0.429 e. The summed E-state index contributed by atoms with van der Waals surface area (Å²) in [5.74, 6) is -3.48. The second kappa shape index (κ2) is 14.1. The molecule has 1 heterocycles. The highest BCUT2D eigenvalue weighted by Gasteiger charge is 2.22. The van der Waals surface area contributed by atoms with Crippen LogP contribution in [-0.4, -0.2) is 26.1 Å². The molecule has 1 fully saturated rings. The number of rotatable bonds is 13. The molecule has 3 aromatic rings. The van der Waals surface area contributed by atoms with E-state index in [2.05, 4.69) is 11.7 Å². The van der Waals surface area contributed by atoms with Gasteiger partial charge in [0.05, 0.1) is 13.2 Å². The fourth-order valence-electron chi connectivity index (χ4n) is 5.03. The first-order valence-corrected chi connectivity index (χ1v) is 13.7. The summed E-state index contributed by atoms with van der Waals surface area (Å²) >= 11 is 0. The van der Waals surface area contributed by atoms with Gasteiger partial charge >= 0.3 is 6.61 Å². The molecule has 3 aromatic carbocycles. The van der Waals surface area contributed by atoms with E-state index in [1.54, 1.807) is 12.1 Å². The lowest BCUT2D eigenvalue weighted by Crippen LogP contribution is -2.32. The van der Waals surface area contributed by atoms with Crippen LogP contribution < -0.4 is 4.74 Å². The quantitative estimate of drug-likeness (QED) is 0.158. The molecule has 3 nitrogen and oxygen atoms in total. The number of halogens is 5. The van der Waals surface area contributed by atoms with Crippen molar-refractivity contribution >= 4 is 10.8 Å². The number of unbranched alkanes of at least 4 members (excludes halogenated alkanes) is 3. The molecule has 1 aliphatic rings. The van der Waals surface area contributed by atoms with Crippen LogP contribution in [0.3, 0.4) is 0 Å². The lowest BCUT2D eigenvalue weighted by molar-refractivity contribution is -0.203. The van der Waals surface area contributed by atoms with Gasteiger partial charge in [-0.05, 0) is 59.9 Å². The topological polar surface area (TPSA) is 27.7 Å². The molecule has 39 heavy (non-hydrogen) atoms. The van der Waals surface area contributed by atoms with Crippen LogP contribution >= 0.6 is 0 Å². The fourth-order valence-corrected chi connectivity index (χ4v) is 5.03. The summed E-state index contributed by atoms with van der Waals surface area (Å²) in [6.07, 6.45) is 7.68. The summed E-state index contributed by atoms with van der Waals surface area (Å²) < 4.78 is 83.6. The minimum absolute atomic E-state index is 0.129. The molecule has 0 spiro atoms. The van der Waals surface area contributed by atoms with Crippen molar-refractivity contribution in [3.8, 4) is 5.75 Å². The monoisotopic (exact) mass is 550 g/mol. The fraction of sp³-hybridized carbons (Fsp3) is 0.484. The third-order valence-corrected chi connectivity index (χ3v) is 7.22. The maximum atomic E-state index is 15.2. The van der Waals surface area contributed by atoms with Crippen LogP contribution in [0.5, 0.6) is 5.75 Å². The Morgan fingerprint density at radius 2 is 1.56 bits per heavy atom. The van der Waals surface area contributed by atoms with Gasteiger partial charge in [-0.2, -0.15) is 8.78 Å². The molecule has 0 saturated carbocycles. The van der Waals surface area contributed by atoms with Crippen LogP contribution in [0.1, 0.15) is 62.1 Å². The summed E-state index contributed by atoms with van der Waals surface area (Å²) in [6.45, 7) is 0.336. The first-order valence-electron chi connectivity index (χ1n) is 13.7. The zero-order chi connectivity index (χ0) is 27.8. The van der Waals surface area contributed by atoms with Crippen LogP contribution in [0, 0.1) is 23.4 Å². The van der Waals surface area contributed by atoms with Crippen molar-refractivity contribution < 1.29 is 36.2 Å². The molecule has 8 heteroatoms. The molecule has 1 aliphatic heterocycles. The van der Waals surface area contributed by atoms with Crippen LogP contribution in [0.25, 0.3) is 10.8 Å². The van der Waals surface area contributed by atoms with Crippen molar-refractivity contribution in [3.63, 3.8) is 0 Å². The van der Waals surface area contributed by atoms with Crippen molar-refractivity contribution in [1.82, 2.24) is 0 Å². The SMILES string of the molecule is CCCCCCC1COC(CCc2ccc3c(F)c(CCc4cc(F)c(OC(F)F)c(F)c4)ccc3c2)OC1. The van der Waals surface area contributed by atoms with E-state index in [0.717, 1.165) is 55.6 Å². The van der Waals surface area contributed by atoms with Gasteiger partial charge < -0.3 is 14.2 Å². The standard InChI is InChI=1S/C31H35F5O3/c1-2-3-4-5-6-22-18-37-28(38-19-22)14-9-20-8-13-25-24(15-20)12-11-23(29(25)34)10-7-21-16-26(32)30(27(33)17-21)39-31(35)36/h8,11-13,15-17,22,28,31H,2-7,9-10,14,18-19H2,1H3. The van der Waals surface area contributed by atoms with Gasteiger partial charge in [0.25, 0.3) is 0 Å². The summed E-state index contributed by atoms with van der Waals surface area (Å²) in [4.78, 5) is 0. The van der Waals surface area contributed by atoms with Gasteiger partial charge in [0, 0.05) is 17.7 Å². The number of fused-ring (bicyclic) bond motifs is 1. The largest absolute Gasteiger partial charge is 0.429 e. The van der Waals surface area contributed by atoms with E-state index in [1.165, 1.54) is 25.7 Å². The van der Waals surface area contributed by atoms with Crippen LogP contribution in [-0.2, 0) is 28.7 Å². The molecular formula is C31H35F5O3. The normalized spacial score (nSPS) is 17.7. The van der Waals surface area contributed by atoms with E-state index >= 15 is 4.39 Å². The minimum atomic E-state index is -3.33. The highest BCUT2D eigenvalue weighted by Crippen LogP contribution is 2.28. The molecule has 1 saturated heterocycles. The Balaban J connectivity index is 1.30. The second-order valence-electron chi connectivity index (χ2n) is 10.2. The highest BCUT2D eigenvalue weighted by molar-refractivity contribution is 5.84. The summed E-state index contributed by atoms with van der Waals surface area (Å²) in [5.41, 5.74) is 1.68. The van der Waals surface area contributed by atoms with Gasteiger partial charge in [-0.15, -0.1) is 0 Å². The molecule has 0 unspecified atom stereocenters. The van der Waals surface area contributed by atoms with E-state index in [4.69, 9.17) is 9.47 Å². The molecule has 0 radical (unpaired) electrons. The van der Waals surface area contributed by atoms with E-state index in [-0.39, 0.29) is 30.5 Å². The third-order valence-electron chi connectivity index (χ3n) is 7.22.